The molecule has 0 spiro atoms. The fourth-order valence-electron chi connectivity index (χ4n) is 4.42. The highest BCUT2D eigenvalue weighted by Gasteiger charge is 2.11. The molecule has 2 N–H and O–H groups in total. The Hall–Kier alpha value is -1.34. The van der Waals surface area contributed by atoms with E-state index in [1.165, 1.54) is 16.7 Å². The minimum absolute atomic E-state index is 0.583. The molecule has 0 heterocycles. The molecule has 0 atom stereocenters. The van der Waals surface area contributed by atoms with Crippen LogP contribution in [0.15, 0.2) is 12.1 Å². The van der Waals surface area contributed by atoms with Gasteiger partial charge in [-0.05, 0) is 88.1 Å². The second-order valence-electron chi connectivity index (χ2n) is 9.89. The van der Waals surface area contributed by atoms with E-state index < -0.39 is 0 Å². The maximum absolute atomic E-state index is 6.36. The van der Waals surface area contributed by atoms with Crippen LogP contribution in [0, 0.1) is 0 Å². The van der Waals surface area contributed by atoms with Crippen molar-refractivity contribution >= 4 is 5.69 Å². The van der Waals surface area contributed by atoms with Crippen LogP contribution in [-0.4, -0.2) is 119 Å². The number of aryl methyl sites for hydroxylation is 2. The number of nitrogen functional groups attached to an aromatic ring is 1. The lowest BCUT2D eigenvalue weighted by Crippen LogP contribution is -2.12. The molecule has 0 aromatic heterocycles. The van der Waals surface area contributed by atoms with Crippen molar-refractivity contribution in [2.75, 3.05) is 125 Å². The summed E-state index contributed by atoms with van der Waals surface area (Å²) in [5.41, 5.74) is 11.1. The van der Waals surface area contributed by atoms with E-state index in [-0.39, 0.29) is 0 Å². The van der Waals surface area contributed by atoms with Gasteiger partial charge in [0, 0.05) is 45.3 Å². The zero-order chi connectivity index (χ0) is 31.1. The summed E-state index contributed by atoms with van der Waals surface area (Å²) in [6.07, 6.45) is 5.58. The van der Waals surface area contributed by atoms with Crippen LogP contribution in [-0.2, 0) is 61.9 Å². The summed E-state index contributed by atoms with van der Waals surface area (Å²) in [4.78, 5) is 0. The molecule has 0 saturated carbocycles. The van der Waals surface area contributed by atoms with Crippen molar-refractivity contribution in [1.82, 2.24) is 0 Å². The quantitative estimate of drug-likeness (QED) is 0.0909. The lowest BCUT2D eigenvalue weighted by molar-refractivity contribution is 0.0163. The molecule has 1 aromatic carbocycles. The van der Waals surface area contributed by atoms with Crippen LogP contribution in [0.5, 0.6) is 0 Å². The first-order valence-electron chi connectivity index (χ1n) is 16.3. The van der Waals surface area contributed by atoms with Gasteiger partial charge in [0.15, 0.2) is 0 Å². The summed E-state index contributed by atoms with van der Waals surface area (Å²) in [6.45, 7) is 17.3. The predicted molar refractivity (Wildman–Crippen MR) is 170 cm³/mol. The minimum Gasteiger partial charge on any atom is -0.399 e. The Morgan fingerprint density at radius 2 is 0.674 bits per heavy atom. The molecular weight excluding hydrogens is 554 g/mol. The van der Waals surface area contributed by atoms with Crippen molar-refractivity contribution in [3.05, 3.63) is 28.8 Å². The smallest absolute Gasteiger partial charge is 0.0701 e. The van der Waals surface area contributed by atoms with Gasteiger partial charge in [0.25, 0.3) is 0 Å². The molecule has 0 aliphatic carbocycles. The first-order valence-corrected chi connectivity index (χ1v) is 16.3. The Labute approximate surface area is 261 Å². The lowest BCUT2D eigenvalue weighted by Gasteiger charge is -2.17. The molecule has 0 saturated heterocycles. The van der Waals surface area contributed by atoms with Gasteiger partial charge in [-0.3, -0.25) is 0 Å². The zero-order valence-corrected chi connectivity index (χ0v) is 27.4. The molecule has 0 fully saturated rings. The SMILES string of the molecule is CCOCCOCCOCCCc1cc(N)cc(CCCOCCOCCOCC)c1CCCOCCOCCOCC. The number of benzene rings is 1. The molecule has 0 unspecified atom stereocenters. The van der Waals surface area contributed by atoms with E-state index in [1.807, 2.05) is 20.8 Å². The lowest BCUT2D eigenvalue weighted by atomic mass is 9.91. The van der Waals surface area contributed by atoms with Gasteiger partial charge in [-0.1, -0.05) is 0 Å². The van der Waals surface area contributed by atoms with Crippen LogP contribution in [0.25, 0.3) is 0 Å². The van der Waals surface area contributed by atoms with Gasteiger partial charge in [0.05, 0.1) is 79.3 Å². The maximum atomic E-state index is 6.36. The number of anilines is 1. The monoisotopic (exact) mass is 615 g/mol. The fourth-order valence-corrected chi connectivity index (χ4v) is 4.42. The number of hydrogen-bond acceptors (Lipinski definition) is 10. The van der Waals surface area contributed by atoms with Crippen molar-refractivity contribution in [3.8, 4) is 0 Å². The van der Waals surface area contributed by atoms with Gasteiger partial charge >= 0.3 is 0 Å². The summed E-state index contributed by atoms with van der Waals surface area (Å²) < 4.78 is 49.9. The van der Waals surface area contributed by atoms with Crippen molar-refractivity contribution in [3.63, 3.8) is 0 Å². The summed E-state index contributed by atoms with van der Waals surface area (Å²) >= 11 is 0. The van der Waals surface area contributed by atoms with Crippen LogP contribution in [0.4, 0.5) is 5.69 Å². The molecule has 0 radical (unpaired) electrons. The summed E-state index contributed by atoms with van der Waals surface area (Å²) in [7, 11) is 0. The molecule has 10 heteroatoms. The third kappa shape index (κ3) is 23.7. The predicted octanol–water partition coefficient (Wildman–Crippen LogP) is 4.28. The van der Waals surface area contributed by atoms with Gasteiger partial charge in [0.1, 0.15) is 0 Å². The number of hydrogen-bond donors (Lipinski definition) is 1. The zero-order valence-electron chi connectivity index (χ0n) is 27.4. The summed E-state index contributed by atoms with van der Waals surface area (Å²) in [5.74, 6) is 0. The highest BCUT2D eigenvalue weighted by Crippen LogP contribution is 2.24. The van der Waals surface area contributed by atoms with Gasteiger partial charge in [-0.25, -0.2) is 0 Å². The van der Waals surface area contributed by atoms with E-state index in [0.717, 1.165) is 44.2 Å². The average molecular weight is 616 g/mol. The summed E-state index contributed by atoms with van der Waals surface area (Å²) in [5, 5.41) is 0. The average Bonchev–Trinajstić information content (AvgIpc) is 3.00. The third-order valence-electron chi connectivity index (χ3n) is 6.49. The van der Waals surface area contributed by atoms with Crippen molar-refractivity contribution in [1.29, 1.82) is 0 Å². The number of ether oxygens (including phenoxy) is 9. The Balaban J connectivity index is 2.50. The van der Waals surface area contributed by atoms with E-state index >= 15 is 0 Å². The van der Waals surface area contributed by atoms with E-state index in [1.54, 1.807) is 0 Å². The minimum atomic E-state index is 0.583. The highest BCUT2D eigenvalue weighted by molar-refractivity contribution is 5.50. The third-order valence-corrected chi connectivity index (χ3v) is 6.49. The standard InChI is InChI=1S/C33H61NO9/c1-4-35-16-19-41-25-22-38-13-7-10-30-28-32(34)29-31(11-8-14-39-23-26-42-20-17-36-5-2)33(30)12-9-15-40-24-27-43-21-18-37-6-3/h28-29H,4-27,34H2,1-3H3. The molecule has 252 valence electrons. The van der Waals surface area contributed by atoms with Gasteiger partial charge in [-0.2, -0.15) is 0 Å². The Morgan fingerprint density at radius 3 is 1.00 bits per heavy atom. The van der Waals surface area contributed by atoms with E-state index in [9.17, 15) is 0 Å². The first-order chi connectivity index (χ1) is 21.2. The molecule has 10 nitrogen and oxygen atoms in total. The van der Waals surface area contributed by atoms with Crippen LogP contribution < -0.4 is 5.73 Å². The second kappa shape index (κ2) is 30.7. The van der Waals surface area contributed by atoms with Crippen LogP contribution in [0.3, 0.4) is 0 Å². The van der Waals surface area contributed by atoms with Crippen LogP contribution in [0.2, 0.25) is 0 Å². The van der Waals surface area contributed by atoms with Crippen molar-refractivity contribution in [2.24, 2.45) is 0 Å². The molecule has 1 aromatic rings. The number of nitrogens with two attached hydrogens (primary N) is 1. The van der Waals surface area contributed by atoms with Crippen molar-refractivity contribution < 1.29 is 42.6 Å². The van der Waals surface area contributed by atoms with E-state index in [4.69, 9.17) is 48.4 Å². The molecule has 0 bridgehead atoms. The Morgan fingerprint density at radius 1 is 0.395 bits per heavy atom. The number of rotatable bonds is 33. The van der Waals surface area contributed by atoms with Crippen LogP contribution >= 0.6 is 0 Å². The van der Waals surface area contributed by atoms with Gasteiger partial charge in [0.2, 0.25) is 0 Å². The first kappa shape index (κ1) is 39.7. The molecule has 43 heavy (non-hydrogen) atoms. The van der Waals surface area contributed by atoms with Gasteiger partial charge in [-0.15, -0.1) is 0 Å². The normalized spacial score (nSPS) is 11.5. The molecule has 1 rings (SSSR count). The van der Waals surface area contributed by atoms with E-state index in [2.05, 4.69) is 12.1 Å². The second-order valence-corrected chi connectivity index (χ2v) is 9.89. The van der Waals surface area contributed by atoms with E-state index in [0.29, 0.717) is 119 Å². The molecule has 0 aliphatic heterocycles. The fraction of sp³-hybridized carbons (Fsp3) is 0.818. The van der Waals surface area contributed by atoms with Crippen LogP contribution in [0.1, 0.15) is 56.7 Å². The highest BCUT2D eigenvalue weighted by atomic mass is 16.6. The summed E-state index contributed by atoms with van der Waals surface area (Å²) in [6, 6.07) is 4.25. The molecule has 0 amide bonds. The van der Waals surface area contributed by atoms with Gasteiger partial charge < -0.3 is 48.4 Å². The Bertz CT molecular complexity index is 693. The largest absolute Gasteiger partial charge is 0.399 e. The van der Waals surface area contributed by atoms with Crippen molar-refractivity contribution in [2.45, 2.75) is 59.3 Å². The maximum Gasteiger partial charge on any atom is 0.0701 e. The molecule has 0 aliphatic rings. The Kier molecular flexibility index (Phi) is 28.3. The topological polar surface area (TPSA) is 109 Å². The molecular formula is C33H61NO9.